The van der Waals surface area contributed by atoms with Gasteiger partial charge in [0.15, 0.2) is 0 Å². The van der Waals surface area contributed by atoms with Crippen LogP contribution in [0.4, 0.5) is 13.2 Å². The van der Waals surface area contributed by atoms with Crippen LogP contribution in [0.5, 0.6) is 0 Å². The average molecular weight is 268 g/mol. The third-order valence-corrected chi connectivity index (χ3v) is 3.32. The number of halogens is 3. The van der Waals surface area contributed by atoms with E-state index < -0.39 is 12.7 Å². The topological polar surface area (TPSA) is 35.5 Å². The predicted molar refractivity (Wildman–Crippen MR) is 64.4 cm³/mol. The fraction of sp³-hybridized carbons (Fsp3) is 1.00. The normalized spacial score (nSPS) is 23.8. The van der Waals surface area contributed by atoms with Crippen LogP contribution in [-0.2, 0) is 0 Å². The Bertz CT molecular complexity index is 246. The van der Waals surface area contributed by atoms with Crippen LogP contribution >= 0.6 is 0 Å². The van der Waals surface area contributed by atoms with Gasteiger partial charge in [-0.2, -0.15) is 13.2 Å². The third-order valence-electron chi connectivity index (χ3n) is 3.32. The first-order valence-electron chi connectivity index (χ1n) is 6.48. The standard InChI is InChI=1S/C12H23F3N2O/c1-9(2)11(18)3-5-16-10-4-6-17(7-10)8-12(13,14)15/h9-11,16,18H,3-8H2,1-2H3/t10-,11-/m0/s1. The number of nitrogens with one attached hydrogen (secondary N) is 1. The fourth-order valence-corrected chi connectivity index (χ4v) is 2.17. The van der Waals surface area contributed by atoms with Gasteiger partial charge >= 0.3 is 6.18 Å². The maximum absolute atomic E-state index is 12.2. The molecule has 0 unspecified atom stereocenters. The van der Waals surface area contributed by atoms with E-state index >= 15 is 0 Å². The molecule has 1 fully saturated rings. The molecule has 0 aromatic heterocycles. The van der Waals surface area contributed by atoms with Crippen molar-refractivity contribution in [2.24, 2.45) is 5.92 Å². The SMILES string of the molecule is CC(C)[C@@H](O)CCN[C@H]1CCN(CC(F)(F)F)C1. The van der Waals surface area contributed by atoms with Crippen LogP contribution in [-0.4, -0.2) is 54.5 Å². The lowest BCUT2D eigenvalue weighted by Gasteiger charge is -2.19. The minimum atomic E-state index is -4.11. The summed E-state index contributed by atoms with van der Waals surface area (Å²) in [6.07, 6.45) is -3.06. The predicted octanol–water partition coefficient (Wildman–Crippen LogP) is 1.62. The molecule has 0 saturated carbocycles. The van der Waals surface area contributed by atoms with Gasteiger partial charge in [-0.15, -0.1) is 0 Å². The van der Waals surface area contributed by atoms with Gasteiger partial charge in [0.05, 0.1) is 12.6 Å². The molecule has 2 atom stereocenters. The van der Waals surface area contributed by atoms with Crippen molar-refractivity contribution in [2.75, 3.05) is 26.2 Å². The Kier molecular flexibility index (Phi) is 5.88. The first-order chi connectivity index (χ1) is 8.28. The number of aliphatic hydroxyl groups is 1. The van der Waals surface area contributed by atoms with Gasteiger partial charge in [-0.3, -0.25) is 4.90 Å². The van der Waals surface area contributed by atoms with Crippen LogP contribution in [0.2, 0.25) is 0 Å². The molecule has 1 rings (SSSR count). The van der Waals surface area contributed by atoms with E-state index in [0.29, 0.717) is 26.1 Å². The maximum Gasteiger partial charge on any atom is 0.401 e. The van der Waals surface area contributed by atoms with Crippen molar-refractivity contribution < 1.29 is 18.3 Å². The Labute approximate surface area is 106 Å². The van der Waals surface area contributed by atoms with Crippen LogP contribution < -0.4 is 5.32 Å². The summed E-state index contributed by atoms with van der Waals surface area (Å²) in [6.45, 7) is 4.67. The molecular formula is C12H23F3N2O. The van der Waals surface area contributed by atoms with Gasteiger partial charge in [0.25, 0.3) is 0 Å². The Balaban J connectivity index is 2.15. The van der Waals surface area contributed by atoms with Crippen molar-refractivity contribution in [3.63, 3.8) is 0 Å². The second-order valence-electron chi connectivity index (χ2n) is 5.39. The number of aliphatic hydroxyl groups excluding tert-OH is 1. The van der Waals surface area contributed by atoms with Gasteiger partial charge in [-0.1, -0.05) is 13.8 Å². The van der Waals surface area contributed by atoms with Gasteiger partial charge in [0, 0.05) is 19.1 Å². The number of hydrogen-bond donors (Lipinski definition) is 2. The molecule has 0 amide bonds. The Hall–Kier alpha value is -0.330. The zero-order valence-electron chi connectivity index (χ0n) is 11.0. The number of hydrogen-bond acceptors (Lipinski definition) is 3. The van der Waals surface area contributed by atoms with Crippen molar-refractivity contribution in [3.8, 4) is 0 Å². The van der Waals surface area contributed by atoms with Crippen molar-refractivity contribution in [1.82, 2.24) is 10.2 Å². The minimum Gasteiger partial charge on any atom is -0.393 e. The summed E-state index contributed by atoms with van der Waals surface area (Å²) in [5.74, 6) is 0.220. The maximum atomic E-state index is 12.2. The van der Waals surface area contributed by atoms with E-state index in [0.717, 1.165) is 6.42 Å². The van der Waals surface area contributed by atoms with E-state index in [4.69, 9.17) is 0 Å². The fourth-order valence-electron chi connectivity index (χ4n) is 2.17. The van der Waals surface area contributed by atoms with Gasteiger partial charge in [-0.25, -0.2) is 0 Å². The van der Waals surface area contributed by atoms with Gasteiger partial charge in [-0.05, 0) is 25.3 Å². The Morgan fingerprint density at radius 3 is 2.61 bits per heavy atom. The molecule has 1 heterocycles. The molecule has 1 aliphatic heterocycles. The third kappa shape index (κ3) is 6.02. The zero-order valence-corrected chi connectivity index (χ0v) is 11.0. The highest BCUT2D eigenvalue weighted by Gasteiger charge is 2.34. The van der Waals surface area contributed by atoms with Crippen molar-refractivity contribution in [2.45, 2.75) is 45.0 Å². The highest BCUT2D eigenvalue weighted by Crippen LogP contribution is 2.19. The molecule has 0 aromatic rings. The molecule has 0 aliphatic carbocycles. The molecule has 18 heavy (non-hydrogen) atoms. The molecule has 1 aliphatic rings. The van der Waals surface area contributed by atoms with Crippen LogP contribution in [0.15, 0.2) is 0 Å². The van der Waals surface area contributed by atoms with Crippen molar-refractivity contribution in [3.05, 3.63) is 0 Å². The van der Waals surface area contributed by atoms with E-state index in [1.807, 2.05) is 13.8 Å². The second-order valence-corrected chi connectivity index (χ2v) is 5.39. The van der Waals surface area contributed by atoms with Crippen LogP contribution in [0.1, 0.15) is 26.7 Å². The summed E-state index contributed by atoms with van der Waals surface area (Å²) in [6, 6.07) is 0.117. The monoisotopic (exact) mass is 268 g/mol. The van der Waals surface area contributed by atoms with Crippen LogP contribution in [0, 0.1) is 5.92 Å². The summed E-state index contributed by atoms with van der Waals surface area (Å²) >= 11 is 0. The van der Waals surface area contributed by atoms with Crippen LogP contribution in [0.3, 0.4) is 0 Å². The zero-order chi connectivity index (χ0) is 13.8. The highest BCUT2D eigenvalue weighted by molar-refractivity contribution is 4.82. The van der Waals surface area contributed by atoms with Crippen molar-refractivity contribution >= 4 is 0 Å². The Morgan fingerprint density at radius 2 is 2.06 bits per heavy atom. The van der Waals surface area contributed by atoms with E-state index in [9.17, 15) is 18.3 Å². The first-order valence-corrected chi connectivity index (χ1v) is 6.48. The average Bonchev–Trinajstić information content (AvgIpc) is 2.62. The molecule has 108 valence electrons. The summed E-state index contributed by atoms with van der Waals surface area (Å²) in [5.41, 5.74) is 0. The van der Waals surface area contributed by atoms with Crippen LogP contribution in [0.25, 0.3) is 0 Å². The molecule has 3 nitrogen and oxygen atoms in total. The van der Waals surface area contributed by atoms with E-state index in [-0.39, 0.29) is 18.1 Å². The number of alkyl halides is 3. The number of likely N-dealkylation sites (tertiary alicyclic amines) is 1. The first kappa shape index (κ1) is 15.7. The minimum absolute atomic E-state index is 0.117. The smallest absolute Gasteiger partial charge is 0.393 e. The summed E-state index contributed by atoms with van der Waals surface area (Å²) in [4.78, 5) is 1.43. The summed E-state index contributed by atoms with van der Waals surface area (Å²) in [5, 5.41) is 12.8. The quantitative estimate of drug-likeness (QED) is 0.768. The molecule has 0 spiro atoms. The van der Waals surface area contributed by atoms with Gasteiger partial charge < -0.3 is 10.4 Å². The lowest BCUT2D eigenvalue weighted by molar-refractivity contribution is -0.143. The molecule has 1 saturated heterocycles. The molecular weight excluding hydrogens is 245 g/mol. The molecule has 0 radical (unpaired) electrons. The van der Waals surface area contributed by atoms with E-state index in [1.165, 1.54) is 4.90 Å². The highest BCUT2D eigenvalue weighted by atomic mass is 19.4. The number of nitrogens with zero attached hydrogens (tertiary/aromatic N) is 1. The number of rotatable bonds is 6. The lowest BCUT2D eigenvalue weighted by atomic mass is 10.0. The molecule has 6 heteroatoms. The van der Waals surface area contributed by atoms with E-state index in [1.54, 1.807) is 0 Å². The van der Waals surface area contributed by atoms with Gasteiger partial charge in [0.1, 0.15) is 0 Å². The summed E-state index contributed by atoms with van der Waals surface area (Å²) < 4.78 is 36.6. The van der Waals surface area contributed by atoms with Gasteiger partial charge in [0.2, 0.25) is 0 Å². The van der Waals surface area contributed by atoms with Crippen molar-refractivity contribution in [1.29, 1.82) is 0 Å². The molecule has 2 N–H and O–H groups in total. The Morgan fingerprint density at radius 1 is 1.39 bits per heavy atom. The van der Waals surface area contributed by atoms with E-state index in [2.05, 4.69) is 5.32 Å². The lowest BCUT2D eigenvalue weighted by Crippen LogP contribution is -2.37. The molecule has 0 bridgehead atoms. The largest absolute Gasteiger partial charge is 0.401 e. The summed E-state index contributed by atoms with van der Waals surface area (Å²) in [7, 11) is 0. The second kappa shape index (κ2) is 6.73. The molecule has 0 aromatic carbocycles.